The molecule has 6 heteroatoms. The Hall–Kier alpha value is -2.89. The van der Waals surface area contributed by atoms with E-state index in [1.807, 2.05) is 27.7 Å². The van der Waals surface area contributed by atoms with Crippen LogP contribution in [0.25, 0.3) is 0 Å². The number of likely N-dealkylation sites (tertiary alicyclic amines) is 1. The Morgan fingerprint density at radius 2 is 2.04 bits per heavy atom. The van der Waals surface area contributed by atoms with Gasteiger partial charge in [-0.25, -0.2) is 0 Å². The summed E-state index contributed by atoms with van der Waals surface area (Å²) >= 11 is 0. The van der Waals surface area contributed by atoms with E-state index >= 15 is 0 Å². The SMILES string of the molecule is O=C(c1ccco1)N1CCCC[C@@H]1c1nncn1Cc1ccccc1. The van der Waals surface area contributed by atoms with Gasteiger partial charge in [-0.15, -0.1) is 10.2 Å². The predicted octanol–water partition coefficient (Wildman–Crippen LogP) is 3.29. The lowest BCUT2D eigenvalue weighted by atomic mass is 10.0. The summed E-state index contributed by atoms with van der Waals surface area (Å²) in [6.07, 6.45) is 6.23. The maximum Gasteiger partial charge on any atom is 0.290 e. The number of rotatable bonds is 4. The first kappa shape index (κ1) is 15.6. The van der Waals surface area contributed by atoms with Crippen molar-refractivity contribution in [2.24, 2.45) is 0 Å². The van der Waals surface area contributed by atoms with Gasteiger partial charge in [-0.1, -0.05) is 30.3 Å². The Labute approximate surface area is 146 Å². The molecule has 1 amide bonds. The molecule has 0 saturated carbocycles. The molecule has 1 aliphatic heterocycles. The molecule has 0 bridgehead atoms. The molecule has 1 saturated heterocycles. The van der Waals surface area contributed by atoms with Gasteiger partial charge in [0.15, 0.2) is 11.6 Å². The second-order valence-electron chi connectivity index (χ2n) is 6.29. The third kappa shape index (κ3) is 3.20. The first-order valence-electron chi connectivity index (χ1n) is 8.59. The predicted molar refractivity (Wildman–Crippen MR) is 91.9 cm³/mol. The van der Waals surface area contributed by atoms with Gasteiger partial charge in [-0.2, -0.15) is 0 Å². The van der Waals surface area contributed by atoms with E-state index in [-0.39, 0.29) is 11.9 Å². The molecule has 0 aliphatic carbocycles. The number of furan rings is 1. The van der Waals surface area contributed by atoms with Crippen molar-refractivity contribution < 1.29 is 9.21 Å². The second-order valence-corrected chi connectivity index (χ2v) is 6.29. The van der Waals surface area contributed by atoms with Crippen molar-refractivity contribution in [2.75, 3.05) is 6.54 Å². The average molecular weight is 336 g/mol. The summed E-state index contributed by atoms with van der Waals surface area (Å²) in [5.41, 5.74) is 1.18. The number of carbonyl (C=O) groups is 1. The van der Waals surface area contributed by atoms with Gasteiger partial charge >= 0.3 is 0 Å². The lowest BCUT2D eigenvalue weighted by Gasteiger charge is -2.34. The number of nitrogens with zero attached hydrogens (tertiary/aromatic N) is 4. The van der Waals surface area contributed by atoms with E-state index in [0.29, 0.717) is 18.8 Å². The maximum absolute atomic E-state index is 12.8. The molecule has 25 heavy (non-hydrogen) atoms. The highest BCUT2D eigenvalue weighted by Crippen LogP contribution is 2.31. The zero-order valence-electron chi connectivity index (χ0n) is 13.9. The Bertz CT molecular complexity index is 826. The lowest BCUT2D eigenvalue weighted by Crippen LogP contribution is -2.39. The minimum atomic E-state index is -0.0797. The molecule has 1 aromatic carbocycles. The number of carbonyl (C=O) groups excluding carboxylic acids is 1. The molecule has 1 aliphatic rings. The van der Waals surface area contributed by atoms with Crippen molar-refractivity contribution in [2.45, 2.75) is 31.8 Å². The van der Waals surface area contributed by atoms with Crippen molar-refractivity contribution >= 4 is 5.91 Å². The summed E-state index contributed by atoms with van der Waals surface area (Å²) in [6.45, 7) is 1.41. The molecule has 6 nitrogen and oxygen atoms in total. The molecule has 0 spiro atoms. The molecule has 128 valence electrons. The van der Waals surface area contributed by atoms with E-state index < -0.39 is 0 Å². The molecular weight excluding hydrogens is 316 g/mol. The standard InChI is InChI=1S/C19H20N4O2/c24-19(17-10-6-12-25-17)23-11-5-4-9-16(23)18-21-20-14-22(18)13-15-7-2-1-3-8-15/h1-3,6-8,10,12,14,16H,4-5,9,11,13H2/t16-/m1/s1. The number of piperidine rings is 1. The molecule has 0 N–H and O–H groups in total. The Kier molecular flexibility index (Phi) is 4.33. The van der Waals surface area contributed by atoms with Gasteiger partial charge in [0.25, 0.3) is 5.91 Å². The monoisotopic (exact) mass is 336 g/mol. The van der Waals surface area contributed by atoms with Gasteiger partial charge in [0, 0.05) is 6.54 Å². The van der Waals surface area contributed by atoms with Crippen molar-refractivity contribution in [3.8, 4) is 0 Å². The first-order chi connectivity index (χ1) is 12.3. The van der Waals surface area contributed by atoms with E-state index in [0.717, 1.165) is 25.1 Å². The average Bonchev–Trinajstić information content (AvgIpc) is 3.34. The maximum atomic E-state index is 12.8. The lowest BCUT2D eigenvalue weighted by molar-refractivity contribution is 0.0562. The summed E-state index contributed by atoms with van der Waals surface area (Å²) in [4.78, 5) is 14.7. The van der Waals surface area contributed by atoms with Gasteiger partial charge in [0.05, 0.1) is 18.8 Å². The second kappa shape index (κ2) is 6.93. The Morgan fingerprint density at radius 3 is 2.84 bits per heavy atom. The van der Waals surface area contributed by atoms with E-state index in [4.69, 9.17) is 4.42 Å². The molecular formula is C19H20N4O2. The fraction of sp³-hybridized carbons (Fsp3) is 0.316. The quantitative estimate of drug-likeness (QED) is 0.733. The highest BCUT2D eigenvalue weighted by atomic mass is 16.3. The summed E-state index contributed by atoms with van der Waals surface area (Å²) in [5, 5.41) is 8.44. The van der Waals surface area contributed by atoms with Gasteiger partial charge in [-0.05, 0) is 37.0 Å². The van der Waals surface area contributed by atoms with Crippen LogP contribution >= 0.6 is 0 Å². The third-order valence-corrected chi connectivity index (χ3v) is 4.63. The van der Waals surface area contributed by atoms with Crippen LogP contribution in [0.1, 0.15) is 47.2 Å². The summed E-state index contributed by atoms with van der Waals surface area (Å²) in [5.74, 6) is 1.13. The summed E-state index contributed by atoms with van der Waals surface area (Å²) < 4.78 is 7.34. The molecule has 1 atom stereocenters. The topological polar surface area (TPSA) is 64.2 Å². The van der Waals surface area contributed by atoms with Crippen molar-refractivity contribution in [3.63, 3.8) is 0 Å². The fourth-order valence-corrected chi connectivity index (χ4v) is 3.41. The molecule has 2 aromatic heterocycles. The third-order valence-electron chi connectivity index (χ3n) is 4.63. The molecule has 0 unspecified atom stereocenters. The highest BCUT2D eigenvalue weighted by Gasteiger charge is 2.33. The van der Waals surface area contributed by atoms with E-state index in [1.54, 1.807) is 18.5 Å². The van der Waals surface area contributed by atoms with Gasteiger partial charge < -0.3 is 13.9 Å². The van der Waals surface area contributed by atoms with Crippen molar-refractivity contribution in [1.29, 1.82) is 0 Å². The van der Waals surface area contributed by atoms with E-state index in [9.17, 15) is 4.79 Å². The van der Waals surface area contributed by atoms with Crippen LogP contribution < -0.4 is 0 Å². The number of amides is 1. The van der Waals surface area contributed by atoms with Crippen LogP contribution in [0.3, 0.4) is 0 Å². The van der Waals surface area contributed by atoms with Crippen molar-refractivity contribution in [1.82, 2.24) is 19.7 Å². The largest absolute Gasteiger partial charge is 0.459 e. The van der Waals surface area contributed by atoms with Crippen LogP contribution in [0.2, 0.25) is 0 Å². The smallest absolute Gasteiger partial charge is 0.290 e. The molecule has 3 aromatic rings. The zero-order chi connectivity index (χ0) is 17.1. The highest BCUT2D eigenvalue weighted by molar-refractivity contribution is 5.91. The number of aromatic nitrogens is 3. The van der Waals surface area contributed by atoms with Crippen molar-refractivity contribution in [3.05, 3.63) is 72.2 Å². The minimum absolute atomic E-state index is 0.0717. The number of hydrogen-bond donors (Lipinski definition) is 0. The van der Waals surface area contributed by atoms with E-state index in [1.165, 1.54) is 11.8 Å². The Morgan fingerprint density at radius 1 is 1.16 bits per heavy atom. The van der Waals surface area contributed by atoms with Gasteiger partial charge in [0.2, 0.25) is 0 Å². The summed E-state index contributed by atoms with van der Waals surface area (Å²) in [7, 11) is 0. The normalized spacial score (nSPS) is 17.6. The zero-order valence-corrected chi connectivity index (χ0v) is 13.9. The fourth-order valence-electron chi connectivity index (χ4n) is 3.41. The molecule has 0 radical (unpaired) electrons. The van der Waals surface area contributed by atoms with Crippen LogP contribution in [0.15, 0.2) is 59.5 Å². The molecule has 3 heterocycles. The summed E-state index contributed by atoms with van der Waals surface area (Å²) in [6, 6.07) is 13.6. The first-order valence-corrected chi connectivity index (χ1v) is 8.59. The van der Waals surface area contributed by atoms with E-state index in [2.05, 4.69) is 22.3 Å². The minimum Gasteiger partial charge on any atom is -0.459 e. The van der Waals surface area contributed by atoms with Gasteiger partial charge in [-0.3, -0.25) is 4.79 Å². The van der Waals surface area contributed by atoms with Gasteiger partial charge in [0.1, 0.15) is 6.33 Å². The van der Waals surface area contributed by atoms with Crippen LogP contribution in [0, 0.1) is 0 Å². The molecule has 1 fully saturated rings. The van der Waals surface area contributed by atoms with Crippen LogP contribution in [0.5, 0.6) is 0 Å². The van der Waals surface area contributed by atoms with Crippen LogP contribution in [-0.2, 0) is 6.54 Å². The number of benzene rings is 1. The van der Waals surface area contributed by atoms with Crippen LogP contribution in [0.4, 0.5) is 0 Å². The van der Waals surface area contributed by atoms with Crippen LogP contribution in [-0.4, -0.2) is 32.1 Å². The molecule has 4 rings (SSSR count). The number of hydrogen-bond acceptors (Lipinski definition) is 4. The Balaban J connectivity index is 1.61.